The summed E-state index contributed by atoms with van der Waals surface area (Å²) >= 11 is 2.29. The first-order valence-corrected chi connectivity index (χ1v) is 7.05. The van der Waals surface area contributed by atoms with Crippen molar-refractivity contribution in [2.75, 3.05) is 18.6 Å². The predicted octanol–water partition coefficient (Wildman–Crippen LogP) is 1.82. The highest BCUT2D eigenvalue weighted by molar-refractivity contribution is 14.1. The highest BCUT2D eigenvalue weighted by Gasteiger charge is 2.19. The molecule has 0 spiro atoms. The van der Waals surface area contributed by atoms with Crippen LogP contribution in [0.15, 0.2) is 12.3 Å². The van der Waals surface area contributed by atoms with E-state index < -0.39 is 5.97 Å². The smallest absolute Gasteiger partial charge is 0.339 e. The fourth-order valence-electron chi connectivity index (χ4n) is 1.65. The average molecular weight is 365 g/mol. The maximum Gasteiger partial charge on any atom is 0.339 e. The Morgan fingerprint density at radius 1 is 1.33 bits per heavy atom. The molecular formula is C12H16INO4. The number of ether oxygens (including phenoxy) is 2. The summed E-state index contributed by atoms with van der Waals surface area (Å²) in [6, 6.07) is 1.68. The van der Waals surface area contributed by atoms with Crippen LogP contribution in [0.2, 0.25) is 0 Å². The van der Waals surface area contributed by atoms with Gasteiger partial charge in [0, 0.05) is 22.9 Å². The summed E-state index contributed by atoms with van der Waals surface area (Å²) in [6.45, 7) is 0.770. The van der Waals surface area contributed by atoms with Crippen molar-refractivity contribution < 1.29 is 19.1 Å². The summed E-state index contributed by atoms with van der Waals surface area (Å²) in [7, 11) is 2.66. The first kappa shape index (κ1) is 15.0. The van der Waals surface area contributed by atoms with Crippen LogP contribution in [0.25, 0.3) is 0 Å². The van der Waals surface area contributed by atoms with Gasteiger partial charge in [0.25, 0.3) is 0 Å². The molecule has 1 aromatic rings. The van der Waals surface area contributed by atoms with Gasteiger partial charge in [0.05, 0.1) is 26.2 Å². The van der Waals surface area contributed by atoms with Crippen LogP contribution in [0, 0.1) is 0 Å². The summed E-state index contributed by atoms with van der Waals surface area (Å²) in [5.74, 6) is -0.795. The van der Waals surface area contributed by atoms with Crippen molar-refractivity contribution in [2.45, 2.75) is 19.4 Å². The second-order valence-electron chi connectivity index (χ2n) is 3.66. The molecule has 0 aliphatic heterocycles. The molecule has 100 valence electrons. The van der Waals surface area contributed by atoms with Crippen molar-refractivity contribution in [3.8, 4) is 0 Å². The first-order chi connectivity index (χ1) is 8.63. The number of hydrogen-bond acceptors (Lipinski definition) is 4. The van der Waals surface area contributed by atoms with E-state index in [0.29, 0.717) is 11.3 Å². The molecule has 1 rings (SSSR count). The molecule has 0 aliphatic carbocycles. The van der Waals surface area contributed by atoms with Crippen molar-refractivity contribution in [1.82, 2.24) is 4.57 Å². The van der Waals surface area contributed by atoms with Gasteiger partial charge in [-0.25, -0.2) is 4.79 Å². The van der Waals surface area contributed by atoms with Gasteiger partial charge in [0.15, 0.2) is 0 Å². The molecule has 0 aromatic carbocycles. The molecule has 0 bridgehead atoms. The molecule has 0 radical (unpaired) electrons. The summed E-state index contributed by atoms with van der Waals surface area (Å²) in [4.78, 5) is 23.0. The lowest BCUT2D eigenvalue weighted by molar-refractivity contribution is -0.139. The molecule has 18 heavy (non-hydrogen) atoms. The minimum absolute atomic E-state index is 0.0786. The number of hydrogen-bond donors (Lipinski definition) is 0. The highest BCUT2D eigenvalue weighted by Crippen LogP contribution is 2.15. The Morgan fingerprint density at radius 2 is 2.06 bits per heavy atom. The molecule has 0 saturated heterocycles. The van der Waals surface area contributed by atoms with E-state index in [1.165, 1.54) is 14.2 Å². The summed E-state index contributed by atoms with van der Waals surface area (Å²) in [5.41, 5.74) is 1.08. The Hall–Kier alpha value is -1.05. The molecule has 5 nitrogen and oxygen atoms in total. The first-order valence-electron chi connectivity index (χ1n) is 5.53. The SMILES string of the molecule is COC(=O)Cc1c(C(=O)OC)ccn1CCCI. The zero-order chi connectivity index (χ0) is 13.5. The normalized spacial score (nSPS) is 10.2. The Kier molecular flexibility index (Phi) is 6.17. The standard InChI is InChI=1S/C12H16INO4/c1-17-11(15)8-10-9(12(16)18-2)4-7-14(10)6-3-5-13/h4,7H,3,5-6,8H2,1-2H3. The molecule has 0 amide bonds. The third-order valence-electron chi connectivity index (χ3n) is 2.56. The number of alkyl halides is 1. The van der Waals surface area contributed by atoms with Gasteiger partial charge in [-0.2, -0.15) is 0 Å². The lowest BCUT2D eigenvalue weighted by atomic mass is 10.2. The Labute approximate surface area is 120 Å². The lowest BCUT2D eigenvalue weighted by Gasteiger charge is -2.09. The van der Waals surface area contributed by atoms with Gasteiger partial charge in [-0.3, -0.25) is 4.79 Å². The largest absolute Gasteiger partial charge is 0.469 e. The number of nitrogens with zero attached hydrogens (tertiary/aromatic N) is 1. The van der Waals surface area contributed by atoms with E-state index in [2.05, 4.69) is 27.3 Å². The van der Waals surface area contributed by atoms with E-state index in [1.807, 2.05) is 4.57 Å². The van der Waals surface area contributed by atoms with Gasteiger partial charge >= 0.3 is 11.9 Å². The van der Waals surface area contributed by atoms with Crippen LogP contribution >= 0.6 is 22.6 Å². The topological polar surface area (TPSA) is 57.5 Å². The number of methoxy groups -OCH3 is 2. The number of carbonyl (C=O) groups is 2. The third-order valence-corrected chi connectivity index (χ3v) is 3.32. The van der Waals surface area contributed by atoms with Crippen molar-refractivity contribution in [3.05, 3.63) is 23.5 Å². The maximum atomic E-state index is 11.6. The second kappa shape index (κ2) is 7.40. The number of esters is 2. The maximum absolute atomic E-state index is 11.6. The van der Waals surface area contributed by atoms with Crippen molar-refractivity contribution >= 4 is 34.5 Å². The molecule has 0 saturated carbocycles. The molecule has 1 heterocycles. The van der Waals surface area contributed by atoms with Gasteiger partial charge in [-0.1, -0.05) is 22.6 Å². The van der Waals surface area contributed by atoms with E-state index in [9.17, 15) is 9.59 Å². The number of aromatic nitrogens is 1. The van der Waals surface area contributed by atoms with Crippen LogP contribution in [0.5, 0.6) is 0 Å². The zero-order valence-electron chi connectivity index (χ0n) is 10.4. The minimum atomic E-state index is -0.429. The molecule has 0 aliphatic rings. The predicted molar refractivity (Wildman–Crippen MR) is 75.0 cm³/mol. The average Bonchev–Trinajstić information content (AvgIpc) is 2.78. The summed E-state index contributed by atoms with van der Waals surface area (Å²) in [6.07, 6.45) is 2.86. The van der Waals surface area contributed by atoms with E-state index in [4.69, 9.17) is 4.74 Å². The Morgan fingerprint density at radius 3 is 2.61 bits per heavy atom. The van der Waals surface area contributed by atoms with E-state index in [0.717, 1.165) is 17.4 Å². The Bertz CT molecular complexity index is 428. The van der Waals surface area contributed by atoms with Crippen LogP contribution in [0.1, 0.15) is 22.5 Å². The molecule has 1 aromatic heterocycles. The molecule has 6 heteroatoms. The van der Waals surface area contributed by atoms with Crippen LogP contribution in [-0.4, -0.2) is 35.2 Å². The third kappa shape index (κ3) is 3.72. The van der Waals surface area contributed by atoms with E-state index >= 15 is 0 Å². The molecule has 0 fully saturated rings. The minimum Gasteiger partial charge on any atom is -0.469 e. The monoisotopic (exact) mass is 365 g/mol. The quantitative estimate of drug-likeness (QED) is 0.438. The molecule has 0 N–H and O–H groups in total. The lowest BCUT2D eigenvalue weighted by Crippen LogP contribution is -2.14. The van der Waals surface area contributed by atoms with E-state index in [-0.39, 0.29) is 12.4 Å². The van der Waals surface area contributed by atoms with Crippen LogP contribution in [0.4, 0.5) is 0 Å². The Balaban J connectivity index is 3.00. The van der Waals surface area contributed by atoms with Crippen LogP contribution in [-0.2, 0) is 27.2 Å². The number of halogens is 1. The number of aryl methyl sites for hydroxylation is 1. The molecular weight excluding hydrogens is 349 g/mol. The van der Waals surface area contributed by atoms with Crippen molar-refractivity contribution in [2.24, 2.45) is 0 Å². The van der Waals surface area contributed by atoms with Crippen molar-refractivity contribution in [3.63, 3.8) is 0 Å². The van der Waals surface area contributed by atoms with E-state index in [1.54, 1.807) is 12.3 Å². The summed E-state index contributed by atoms with van der Waals surface area (Å²) < 4.78 is 12.3. The van der Waals surface area contributed by atoms with Gasteiger partial charge in [0.1, 0.15) is 0 Å². The summed E-state index contributed by atoms with van der Waals surface area (Å²) in [5, 5.41) is 0. The number of rotatable bonds is 6. The fourth-order valence-corrected chi connectivity index (χ4v) is 1.99. The number of carbonyl (C=O) groups excluding carboxylic acids is 2. The fraction of sp³-hybridized carbons (Fsp3) is 0.500. The van der Waals surface area contributed by atoms with Gasteiger partial charge in [-0.15, -0.1) is 0 Å². The second-order valence-corrected chi connectivity index (χ2v) is 4.74. The van der Waals surface area contributed by atoms with Gasteiger partial charge < -0.3 is 14.0 Å². The van der Waals surface area contributed by atoms with Crippen LogP contribution in [0.3, 0.4) is 0 Å². The molecule has 0 unspecified atom stereocenters. The van der Waals surface area contributed by atoms with Gasteiger partial charge in [0.2, 0.25) is 0 Å². The van der Waals surface area contributed by atoms with Crippen LogP contribution < -0.4 is 0 Å². The zero-order valence-corrected chi connectivity index (χ0v) is 12.6. The molecule has 0 atom stereocenters. The van der Waals surface area contributed by atoms with Gasteiger partial charge in [-0.05, 0) is 12.5 Å². The van der Waals surface area contributed by atoms with Crippen molar-refractivity contribution in [1.29, 1.82) is 0 Å². The highest BCUT2D eigenvalue weighted by atomic mass is 127.